The molecule has 4 nitrogen and oxygen atoms in total. The monoisotopic (exact) mass is 460 g/mol. The number of rotatable bonds is 10. The number of ketones is 2. The Morgan fingerprint density at radius 3 is 1.20 bits per heavy atom. The average molecular weight is 461 g/mol. The van der Waals surface area contributed by atoms with Crippen molar-refractivity contribution in [3.05, 3.63) is 132 Å². The lowest BCUT2D eigenvalue weighted by atomic mass is 10.1. The van der Waals surface area contributed by atoms with E-state index < -0.39 is 0 Å². The van der Waals surface area contributed by atoms with Crippen molar-refractivity contribution in [1.29, 1.82) is 0 Å². The minimum absolute atomic E-state index is 0.183. The van der Waals surface area contributed by atoms with Crippen LogP contribution in [0.4, 0.5) is 0 Å². The molecule has 0 amide bonds. The zero-order chi connectivity index (χ0) is 24.3. The Kier molecular flexibility index (Phi) is 8.01. The Morgan fingerprint density at radius 1 is 0.486 bits per heavy atom. The maximum Gasteiger partial charge on any atom is 0.163 e. The van der Waals surface area contributed by atoms with Gasteiger partial charge in [0.05, 0.1) is 6.42 Å². The van der Waals surface area contributed by atoms with Crippen molar-refractivity contribution in [3.8, 4) is 23.0 Å². The van der Waals surface area contributed by atoms with Gasteiger partial charge in [0.25, 0.3) is 0 Å². The third kappa shape index (κ3) is 7.69. The van der Waals surface area contributed by atoms with Gasteiger partial charge in [-0.2, -0.15) is 0 Å². The Bertz CT molecular complexity index is 1200. The van der Waals surface area contributed by atoms with Gasteiger partial charge in [0.15, 0.2) is 11.6 Å². The molecule has 0 unspecified atom stereocenters. The molecule has 0 N–H and O–H groups in total. The van der Waals surface area contributed by atoms with Crippen LogP contribution in [0, 0.1) is 0 Å². The average Bonchev–Trinajstić information content (AvgIpc) is 2.89. The first-order valence-corrected chi connectivity index (χ1v) is 11.2. The molecule has 0 aromatic heterocycles. The van der Waals surface area contributed by atoms with Gasteiger partial charge in [-0.25, -0.2) is 0 Å². The molecule has 0 saturated heterocycles. The van der Waals surface area contributed by atoms with Crippen molar-refractivity contribution in [2.45, 2.75) is 6.42 Å². The number of carbonyl (C=O) groups is 2. The van der Waals surface area contributed by atoms with E-state index in [1.807, 2.05) is 109 Å². The van der Waals surface area contributed by atoms with Gasteiger partial charge >= 0.3 is 0 Å². The Morgan fingerprint density at radius 2 is 0.829 bits per heavy atom. The molecule has 0 aliphatic heterocycles. The van der Waals surface area contributed by atoms with E-state index in [9.17, 15) is 9.59 Å². The van der Waals surface area contributed by atoms with E-state index in [1.165, 1.54) is 12.2 Å². The Balaban J connectivity index is 1.24. The fourth-order valence-corrected chi connectivity index (χ4v) is 3.21. The van der Waals surface area contributed by atoms with E-state index in [0.29, 0.717) is 11.5 Å². The van der Waals surface area contributed by atoms with E-state index in [4.69, 9.17) is 9.47 Å². The lowest BCUT2D eigenvalue weighted by Crippen LogP contribution is -2.01. The summed E-state index contributed by atoms with van der Waals surface area (Å²) in [6.45, 7) is 0. The van der Waals surface area contributed by atoms with Gasteiger partial charge in [-0.15, -0.1) is 0 Å². The summed E-state index contributed by atoms with van der Waals surface area (Å²) in [6.07, 6.45) is 6.05. The largest absolute Gasteiger partial charge is 0.457 e. The van der Waals surface area contributed by atoms with Crippen LogP contribution in [0.15, 0.2) is 121 Å². The molecular formula is C31H24O4. The van der Waals surface area contributed by atoms with Gasteiger partial charge in [0, 0.05) is 0 Å². The van der Waals surface area contributed by atoms with Crippen LogP contribution >= 0.6 is 0 Å². The van der Waals surface area contributed by atoms with E-state index in [0.717, 1.165) is 22.6 Å². The molecule has 0 heterocycles. The molecule has 4 heteroatoms. The van der Waals surface area contributed by atoms with E-state index in [2.05, 4.69) is 0 Å². The van der Waals surface area contributed by atoms with E-state index in [-0.39, 0.29) is 18.0 Å². The van der Waals surface area contributed by atoms with Gasteiger partial charge in [0.1, 0.15) is 23.0 Å². The molecule has 0 saturated carbocycles. The second kappa shape index (κ2) is 12.0. The summed E-state index contributed by atoms with van der Waals surface area (Å²) >= 11 is 0. The quantitative estimate of drug-likeness (QED) is 0.181. The smallest absolute Gasteiger partial charge is 0.163 e. The number of benzene rings is 4. The third-order valence-electron chi connectivity index (χ3n) is 4.99. The summed E-state index contributed by atoms with van der Waals surface area (Å²) in [5, 5.41) is 0. The second-order valence-corrected chi connectivity index (χ2v) is 7.74. The van der Waals surface area contributed by atoms with Crippen molar-refractivity contribution >= 4 is 23.7 Å². The molecule has 0 bridgehead atoms. The van der Waals surface area contributed by atoms with Crippen LogP contribution in [0.1, 0.15) is 17.5 Å². The van der Waals surface area contributed by atoms with Crippen LogP contribution < -0.4 is 9.47 Å². The van der Waals surface area contributed by atoms with Crippen LogP contribution in [-0.2, 0) is 9.59 Å². The zero-order valence-corrected chi connectivity index (χ0v) is 19.0. The molecular weight excluding hydrogens is 436 g/mol. The molecule has 0 aliphatic rings. The van der Waals surface area contributed by atoms with E-state index in [1.54, 1.807) is 12.2 Å². The highest BCUT2D eigenvalue weighted by Gasteiger charge is 2.04. The molecule has 4 rings (SSSR count). The first-order valence-electron chi connectivity index (χ1n) is 11.2. The minimum atomic E-state index is -0.254. The highest BCUT2D eigenvalue weighted by Crippen LogP contribution is 2.22. The van der Waals surface area contributed by atoms with Crippen LogP contribution in [0.25, 0.3) is 12.2 Å². The summed E-state index contributed by atoms with van der Waals surface area (Å²) in [5.41, 5.74) is 1.69. The number of para-hydroxylation sites is 2. The summed E-state index contributed by atoms with van der Waals surface area (Å²) in [5.74, 6) is 2.43. The maximum atomic E-state index is 12.2. The highest BCUT2D eigenvalue weighted by atomic mass is 16.5. The fraction of sp³-hybridized carbons (Fsp3) is 0.0323. The predicted octanol–water partition coefficient (Wildman–Crippen LogP) is 7.53. The SMILES string of the molecule is O=C(/C=C/c1ccc(Oc2ccccc2)cc1)CC(=O)/C=C/c1ccc(Oc2ccccc2)cc1. The van der Waals surface area contributed by atoms with Gasteiger partial charge < -0.3 is 9.47 Å². The summed E-state index contributed by atoms with van der Waals surface area (Å²) < 4.78 is 11.5. The molecule has 35 heavy (non-hydrogen) atoms. The molecule has 0 radical (unpaired) electrons. The first kappa shape index (κ1) is 23.5. The van der Waals surface area contributed by atoms with Crippen LogP contribution in [-0.4, -0.2) is 11.6 Å². The van der Waals surface area contributed by atoms with Gasteiger partial charge in [-0.1, -0.05) is 72.8 Å². The van der Waals surface area contributed by atoms with Gasteiger partial charge in [-0.05, 0) is 71.8 Å². The number of hydrogen-bond donors (Lipinski definition) is 0. The zero-order valence-electron chi connectivity index (χ0n) is 19.0. The molecule has 0 aliphatic carbocycles. The summed E-state index contributed by atoms with van der Waals surface area (Å²) in [6, 6.07) is 33.8. The van der Waals surface area contributed by atoms with Crippen LogP contribution in [0.2, 0.25) is 0 Å². The molecule has 4 aromatic carbocycles. The maximum absolute atomic E-state index is 12.2. The molecule has 4 aromatic rings. The lowest BCUT2D eigenvalue weighted by Gasteiger charge is -2.05. The Labute approximate surface area is 204 Å². The summed E-state index contributed by atoms with van der Waals surface area (Å²) in [7, 11) is 0. The topological polar surface area (TPSA) is 52.6 Å². The van der Waals surface area contributed by atoms with Crippen molar-refractivity contribution in [2.75, 3.05) is 0 Å². The third-order valence-corrected chi connectivity index (χ3v) is 4.99. The number of carbonyl (C=O) groups excluding carboxylic acids is 2. The number of hydrogen-bond acceptors (Lipinski definition) is 4. The molecule has 0 fully saturated rings. The molecule has 0 spiro atoms. The van der Waals surface area contributed by atoms with Crippen molar-refractivity contribution in [3.63, 3.8) is 0 Å². The van der Waals surface area contributed by atoms with Crippen molar-refractivity contribution in [2.24, 2.45) is 0 Å². The Hall–Kier alpha value is -4.70. The standard InChI is InChI=1S/C31H24O4/c32-26(17-11-24-13-19-30(20-14-24)34-28-7-3-1-4-8-28)23-27(33)18-12-25-15-21-31(22-16-25)35-29-9-5-2-6-10-29/h1-22H,23H2/b17-11+,18-12+. The van der Waals surface area contributed by atoms with Gasteiger partial charge in [0.2, 0.25) is 0 Å². The fourth-order valence-electron chi connectivity index (χ4n) is 3.21. The van der Waals surface area contributed by atoms with E-state index >= 15 is 0 Å². The predicted molar refractivity (Wildman–Crippen MR) is 139 cm³/mol. The van der Waals surface area contributed by atoms with Crippen LogP contribution in [0.5, 0.6) is 23.0 Å². The van der Waals surface area contributed by atoms with Gasteiger partial charge in [-0.3, -0.25) is 9.59 Å². The summed E-state index contributed by atoms with van der Waals surface area (Å²) in [4.78, 5) is 24.4. The number of allylic oxidation sites excluding steroid dienone is 2. The highest BCUT2D eigenvalue weighted by molar-refractivity contribution is 6.10. The minimum Gasteiger partial charge on any atom is -0.457 e. The first-order chi connectivity index (χ1) is 17.1. The van der Waals surface area contributed by atoms with Crippen molar-refractivity contribution < 1.29 is 19.1 Å². The van der Waals surface area contributed by atoms with Crippen molar-refractivity contribution in [1.82, 2.24) is 0 Å². The van der Waals surface area contributed by atoms with Crippen LogP contribution in [0.3, 0.4) is 0 Å². The molecule has 172 valence electrons. The lowest BCUT2D eigenvalue weighted by molar-refractivity contribution is -0.121. The normalized spacial score (nSPS) is 11.0. The molecule has 0 atom stereocenters. The second-order valence-electron chi connectivity index (χ2n) is 7.74. The number of ether oxygens (including phenoxy) is 2.